The molecule has 0 radical (unpaired) electrons. The highest BCUT2D eigenvalue weighted by Crippen LogP contribution is 2.41. The Bertz CT molecular complexity index is 1200. The third-order valence-corrected chi connectivity index (χ3v) is 6.21. The van der Waals surface area contributed by atoms with E-state index in [2.05, 4.69) is 0 Å². The number of carbonyl (C=O) groups is 2. The third kappa shape index (κ3) is 5.51. The van der Waals surface area contributed by atoms with Crippen molar-refractivity contribution in [3.63, 3.8) is 0 Å². The molecule has 1 aliphatic rings. The van der Waals surface area contributed by atoms with E-state index in [9.17, 15) is 19.1 Å². The second-order valence-corrected chi connectivity index (χ2v) is 8.80. The van der Waals surface area contributed by atoms with Gasteiger partial charge in [0, 0.05) is 28.6 Å². The van der Waals surface area contributed by atoms with Gasteiger partial charge in [-0.2, -0.15) is 0 Å². The molecule has 0 saturated heterocycles. The SMILES string of the molecule is O=C(CCC(F)c1ccc(Cl)cc1)c1ccc(Oc2cc3c(cc2Cl)C(C(=O)O)CCO3)cc1. The second-order valence-electron chi connectivity index (χ2n) is 7.96. The van der Waals surface area contributed by atoms with Gasteiger partial charge < -0.3 is 14.6 Å². The number of hydrogen-bond donors (Lipinski definition) is 1. The van der Waals surface area contributed by atoms with Crippen LogP contribution in [-0.2, 0) is 4.79 Å². The van der Waals surface area contributed by atoms with Crippen LogP contribution >= 0.6 is 23.2 Å². The maximum atomic E-state index is 14.4. The molecule has 0 aromatic heterocycles. The van der Waals surface area contributed by atoms with Crippen molar-refractivity contribution in [1.29, 1.82) is 0 Å². The maximum absolute atomic E-state index is 14.4. The molecule has 0 amide bonds. The topological polar surface area (TPSA) is 72.8 Å². The van der Waals surface area contributed by atoms with Gasteiger partial charge in [-0.05, 0) is 60.9 Å². The Kier molecular flexibility index (Phi) is 7.39. The van der Waals surface area contributed by atoms with Crippen molar-refractivity contribution in [3.8, 4) is 17.2 Å². The van der Waals surface area contributed by atoms with Gasteiger partial charge in [-0.15, -0.1) is 0 Å². The van der Waals surface area contributed by atoms with Gasteiger partial charge in [0.1, 0.15) is 23.4 Å². The van der Waals surface area contributed by atoms with E-state index in [0.717, 1.165) is 0 Å². The van der Waals surface area contributed by atoms with Crippen LogP contribution in [0.1, 0.15) is 52.8 Å². The molecule has 5 nitrogen and oxygen atoms in total. The Hall–Kier alpha value is -3.09. The number of ketones is 1. The monoisotopic (exact) mass is 502 g/mol. The maximum Gasteiger partial charge on any atom is 0.311 e. The third-order valence-electron chi connectivity index (χ3n) is 5.66. The van der Waals surface area contributed by atoms with Gasteiger partial charge in [-0.1, -0.05) is 35.3 Å². The Balaban J connectivity index is 1.39. The fourth-order valence-electron chi connectivity index (χ4n) is 3.80. The van der Waals surface area contributed by atoms with Crippen LogP contribution in [0.25, 0.3) is 0 Å². The molecule has 0 aliphatic carbocycles. The van der Waals surface area contributed by atoms with Crippen LogP contribution in [0.3, 0.4) is 0 Å². The molecule has 176 valence electrons. The molecule has 8 heteroatoms. The minimum atomic E-state index is -1.25. The molecule has 1 heterocycles. The zero-order valence-electron chi connectivity index (χ0n) is 18.0. The van der Waals surface area contributed by atoms with Crippen LogP contribution in [0.5, 0.6) is 17.2 Å². The number of halogens is 3. The number of carboxylic acid groups (broad SMARTS) is 1. The van der Waals surface area contributed by atoms with Gasteiger partial charge >= 0.3 is 5.97 Å². The lowest BCUT2D eigenvalue weighted by molar-refractivity contribution is -0.139. The summed E-state index contributed by atoms with van der Waals surface area (Å²) in [5, 5.41) is 10.2. The average molecular weight is 503 g/mol. The number of ether oxygens (including phenoxy) is 2. The van der Waals surface area contributed by atoms with Gasteiger partial charge in [0.2, 0.25) is 0 Å². The Labute approximate surface area is 206 Å². The van der Waals surface area contributed by atoms with Crippen LogP contribution in [0.4, 0.5) is 4.39 Å². The van der Waals surface area contributed by atoms with Crippen LogP contribution in [0.15, 0.2) is 60.7 Å². The first kappa shape index (κ1) is 24.0. The number of Topliss-reactive ketones (excluding diaryl/α,β-unsaturated/α-hetero) is 1. The van der Waals surface area contributed by atoms with Crippen LogP contribution in [0.2, 0.25) is 10.0 Å². The van der Waals surface area contributed by atoms with Crippen molar-refractivity contribution in [2.24, 2.45) is 0 Å². The van der Waals surface area contributed by atoms with Crippen LogP contribution in [0, 0.1) is 0 Å². The highest BCUT2D eigenvalue weighted by Gasteiger charge is 2.29. The molecule has 0 saturated carbocycles. The molecular formula is C26H21Cl2FO5. The molecule has 0 spiro atoms. The molecule has 0 bridgehead atoms. The van der Waals surface area contributed by atoms with E-state index in [1.165, 1.54) is 0 Å². The van der Waals surface area contributed by atoms with E-state index in [1.807, 2.05) is 0 Å². The lowest BCUT2D eigenvalue weighted by Gasteiger charge is -2.24. The predicted molar refractivity (Wildman–Crippen MR) is 127 cm³/mol. The largest absolute Gasteiger partial charge is 0.493 e. The van der Waals surface area contributed by atoms with Crippen molar-refractivity contribution in [2.75, 3.05) is 6.61 Å². The average Bonchev–Trinajstić information content (AvgIpc) is 2.83. The highest BCUT2D eigenvalue weighted by atomic mass is 35.5. The van der Waals surface area contributed by atoms with Crippen molar-refractivity contribution >= 4 is 35.0 Å². The first-order valence-electron chi connectivity index (χ1n) is 10.7. The van der Waals surface area contributed by atoms with Crippen molar-refractivity contribution in [3.05, 3.63) is 87.4 Å². The van der Waals surface area contributed by atoms with Crippen molar-refractivity contribution in [1.82, 2.24) is 0 Å². The van der Waals surface area contributed by atoms with Crippen molar-refractivity contribution in [2.45, 2.75) is 31.4 Å². The number of carbonyl (C=O) groups excluding carboxylic acids is 1. The number of benzene rings is 3. The van der Waals surface area contributed by atoms with Crippen molar-refractivity contribution < 1.29 is 28.6 Å². The standard InChI is InChI=1S/C26H21Cl2FO5/c27-17-5-1-15(2-6-17)22(29)9-10-23(30)16-3-7-18(8-4-16)34-25-14-24-20(13-21(25)28)19(26(31)32)11-12-33-24/h1-8,13-14,19,22H,9-12H2,(H,31,32). The van der Waals surface area contributed by atoms with E-state index in [0.29, 0.717) is 52.0 Å². The van der Waals surface area contributed by atoms with E-state index < -0.39 is 18.1 Å². The van der Waals surface area contributed by atoms with Gasteiger partial charge in [0.25, 0.3) is 0 Å². The molecule has 2 atom stereocenters. The zero-order chi connectivity index (χ0) is 24.2. The molecule has 3 aromatic rings. The number of alkyl halides is 1. The van der Waals surface area contributed by atoms with Gasteiger partial charge in [0.15, 0.2) is 5.78 Å². The van der Waals surface area contributed by atoms with E-state index in [4.69, 9.17) is 32.7 Å². The van der Waals surface area contributed by atoms with Gasteiger partial charge in [-0.25, -0.2) is 4.39 Å². The molecule has 34 heavy (non-hydrogen) atoms. The zero-order valence-corrected chi connectivity index (χ0v) is 19.5. The Morgan fingerprint density at radius 3 is 2.47 bits per heavy atom. The fourth-order valence-corrected chi connectivity index (χ4v) is 4.14. The number of hydrogen-bond acceptors (Lipinski definition) is 4. The minimum Gasteiger partial charge on any atom is -0.493 e. The minimum absolute atomic E-state index is 0.0583. The van der Waals surface area contributed by atoms with E-state index in [-0.39, 0.29) is 23.6 Å². The number of fused-ring (bicyclic) bond motifs is 1. The highest BCUT2D eigenvalue weighted by molar-refractivity contribution is 6.32. The summed E-state index contributed by atoms with van der Waals surface area (Å²) in [6.07, 6.45) is -0.751. The molecule has 1 N–H and O–H groups in total. The Morgan fingerprint density at radius 2 is 1.79 bits per heavy atom. The molecular weight excluding hydrogens is 482 g/mol. The summed E-state index contributed by atoms with van der Waals surface area (Å²) in [4.78, 5) is 24.0. The van der Waals surface area contributed by atoms with Gasteiger partial charge in [-0.3, -0.25) is 9.59 Å². The summed E-state index contributed by atoms with van der Waals surface area (Å²) in [5.74, 6) is -0.609. The summed E-state index contributed by atoms with van der Waals surface area (Å²) < 4.78 is 25.8. The van der Waals surface area contributed by atoms with E-state index in [1.54, 1.807) is 60.7 Å². The molecule has 1 aliphatic heterocycles. The lowest BCUT2D eigenvalue weighted by atomic mass is 9.93. The first-order valence-corrected chi connectivity index (χ1v) is 11.5. The summed E-state index contributed by atoms with van der Waals surface area (Å²) in [7, 11) is 0. The summed E-state index contributed by atoms with van der Waals surface area (Å²) in [6.45, 7) is 0.291. The summed E-state index contributed by atoms with van der Waals surface area (Å²) in [6, 6.07) is 16.1. The smallest absolute Gasteiger partial charge is 0.311 e. The lowest BCUT2D eigenvalue weighted by Crippen LogP contribution is -2.20. The normalized spacial score (nSPS) is 15.7. The summed E-state index contributed by atoms with van der Waals surface area (Å²) in [5.41, 5.74) is 1.45. The number of aliphatic carboxylic acids is 1. The fraction of sp³-hybridized carbons (Fsp3) is 0.231. The molecule has 4 rings (SSSR count). The molecule has 3 aromatic carbocycles. The number of carboxylic acids is 1. The van der Waals surface area contributed by atoms with Gasteiger partial charge in [0.05, 0.1) is 17.5 Å². The first-order chi connectivity index (χ1) is 16.3. The Morgan fingerprint density at radius 1 is 1.09 bits per heavy atom. The predicted octanol–water partition coefficient (Wildman–Crippen LogP) is 7.41. The second kappa shape index (κ2) is 10.5. The number of rotatable bonds is 8. The van der Waals surface area contributed by atoms with E-state index >= 15 is 0 Å². The molecule has 0 fully saturated rings. The summed E-state index contributed by atoms with van der Waals surface area (Å²) >= 11 is 12.1. The quantitative estimate of drug-likeness (QED) is 0.324. The molecule has 2 unspecified atom stereocenters. The van der Waals surface area contributed by atoms with Crippen LogP contribution in [-0.4, -0.2) is 23.5 Å². The van der Waals surface area contributed by atoms with Crippen LogP contribution < -0.4 is 9.47 Å².